The number of halogens is 3. The van der Waals surface area contributed by atoms with E-state index >= 15 is 8.78 Å². The molecule has 0 spiro atoms. The summed E-state index contributed by atoms with van der Waals surface area (Å²) in [5, 5.41) is 20.0. The third kappa shape index (κ3) is 2.64. The summed E-state index contributed by atoms with van der Waals surface area (Å²) < 4.78 is 42.9. The van der Waals surface area contributed by atoms with Crippen LogP contribution >= 0.6 is 11.6 Å². The van der Waals surface area contributed by atoms with Gasteiger partial charge in [0, 0.05) is 40.2 Å². The Morgan fingerprint density at radius 2 is 1.91 bits per heavy atom. The molecule has 0 amide bonds. The van der Waals surface area contributed by atoms with E-state index in [1.54, 1.807) is 0 Å². The fraction of sp³-hybridized carbons (Fsp3) is 0.269. The lowest BCUT2D eigenvalue weighted by atomic mass is 9.78. The van der Waals surface area contributed by atoms with Crippen molar-refractivity contribution in [3.8, 4) is 28.7 Å². The summed E-state index contributed by atoms with van der Waals surface area (Å²) in [5.41, 5.74) is 0.405. The van der Waals surface area contributed by atoms with Crippen LogP contribution in [0, 0.1) is 23.0 Å². The number of nitriles is 1. The highest BCUT2D eigenvalue weighted by Gasteiger charge is 2.52. The smallest absolute Gasteiger partial charge is 0.163 e. The summed E-state index contributed by atoms with van der Waals surface area (Å²) in [6, 6.07) is 13.8. The third-order valence-electron chi connectivity index (χ3n) is 7.16. The van der Waals surface area contributed by atoms with E-state index in [0.717, 1.165) is 6.07 Å². The van der Waals surface area contributed by atoms with Gasteiger partial charge in [-0.3, -0.25) is 0 Å². The number of fused-ring (bicyclic) bond motifs is 4. The molecule has 166 valence electrons. The second kappa shape index (κ2) is 6.93. The van der Waals surface area contributed by atoms with Gasteiger partial charge in [-0.2, -0.15) is 5.26 Å². The first kappa shape index (κ1) is 20.5. The molecule has 1 fully saturated rings. The molecule has 2 aliphatic heterocycles. The lowest BCUT2D eigenvalue weighted by Gasteiger charge is -2.31. The van der Waals surface area contributed by atoms with E-state index < -0.39 is 23.2 Å². The second-order valence-electron chi connectivity index (χ2n) is 8.83. The topological polar surface area (TPSA) is 62.5 Å². The highest BCUT2D eigenvalue weighted by molar-refractivity contribution is 6.34. The van der Waals surface area contributed by atoms with Gasteiger partial charge in [0.1, 0.15) is 35.3 Å². The van der Waals surface area contributed by atoms with Crippen molar-refractivity contribution in [3.63, 3.8) is 0 Å². The molecule has 33 heavy (non-hydrogen) atoms. The Balaban J connectivity index is 1.63. The van der Waals surface area contributed by atoms with Crippen LogP contribution in [0.25, 0.3) is 11.1 Å². The van der Waals surface area contributed by atoms with Gasteiger partial charge in [-0.1, -0.05) is 48.9 Å². The van der Waals surface area contributed by atoms with E-state index in [9.17, 15) is 10.4 Å². The Bertz CT molecular complexity index is 1370. The predicted molar refractivity (Wildman–Crippen MR) is 118 cm³/mol. The Kier molecular flexibility index (Phi) is 4.30. The first-order chi connectivity index (χ1) is 15.9. The Morgan fingerprint density at radius 1 is 1.15 bits per heavy atom. The maximum atomic E-state index is 16.0. The van der Waals surface area contributed by atoms with Gasteiger partial charge in [0.05, 0.1) is 17.2 Å². The van der Waals surface area contributed by atoms with Crippen LogP contribution in [0.3, 0.4) is 0 Å². The van der Waals surface area contributed by atoms with Gasteiger partial charge < -0.3 is 14.6 Å². The molecule has 2 unspecified atom stereocenters. The number of hydrogen-bond donors (Lipinski definition) is 1. The van der Waals surface area contributed by atoms with Crippen LogP contribution in [0.2, 0.25) is 5.02 Å². The molecule has 1 aliphatic carbocycles. The van der Waals surface area contributed by atoms with Crippen molar-refractivity contribution in [3.05, 3.63) is 81.4 Å². The average Bonchev–Trinajstić information content (AvgIpc) is 3.39. The molecular formula is C26H18ClF2NO3. The molecule has 3 aliphatic rings. The highest BCUT2D eigenvalue weighted by atomic mass is 35.5. The number of ether oxygens (including phenoxy) is 2. The normalized spacial score (nSPS) is 26.0. The van der Waals surface area contributed by atoms with Crippen molar-refractivity contribution in [2.75, 3.05) is 6.61 Å². The number of hydrogen-bond acceptors (Lipinski definition) is 4. The molecule has 6 rings (SSSR count). The van der Waals surface area contributed by atoms with E-state index in [1.807, 2.05) is 43.3 Å². The minimum Gasteiger partial charge on any atom is -0.489 e. The molecule has 0 aromatic heterocycles. The Labute approximate surface area is 193 Å². The molecule has 0 saturated heterocycles. The fourth-order valence-corrected chi connectivity index (χ4v) is 5.62. The summed E-state index contributed by atoms with van der Waals surface area (Å²) in [7, 11) is 0. The number of nitrogens with zero attached hydrogens (tertiary/aromatic N) is 1. The first-order valence-electron chi connectivity index (χ1n) is 10.7. The zero-order chi connectivity index (χ0) is 23.1. The minimum absolute atomic E-state index is 0.00987. The molecule has 7 heteroatoms. The van der Waals surface area contributed by atoms with E-state index in [4.69, 9.17) is 21.1 Å². The number of aliphatic hydroxyl groups is 1. The molecular weight excluding hydrogens is 448 g/mol. The summed E-state index contributed by atoms with van der Waals surface area (Å²) >= 11 is 6.46. The quantitative estimate of drug-likeness (QED) is 0.532. The molecule has 0 bridgehead atoms. The van der Waals surface area contributed by atoms with Crippen LogP contribution in [0.15, 0.2) is 42.5 Å². The van der Waals surface area contributed by atoms with Crippen LogP contribution in [0.1, 0.15) is 47.4 Å². The zero-order valence-electron chi connectivity index (χ0n) is 17.5. The molecule has 3 aromatic carbocycles. The van der Waals surface area contributed by atoms with Gasteiger partial charge in [0.25, 0.3) is 0 Å². The maximum absolute atomic E-state index is 16.0. The molecule has 1 N–H and O–H groups in total. The van der Waals surface area contributed by atoms with Crippen LogP contribution in [0.4, 0.5) is 8.78 Å². The summed E-state index contributed by atoms with van der Waals surface area (Å²) in [6.45, 7) is 1.44. The van der Waals surface area contributed by atoms with Crippen LogP contribution in [0.5, 0.6) is 11.5 Å². The van der Waals surface area contributed by atoms with Crippen molar-refractivity contribution in [1.29, 1.82) is 5.26 Å². The largest absolute Gasteiger partial charge is 0.489 e. The van der Waals surface area contributed by atoms with Crippen molar-refractivity contribution < 1.29 is 23.4 Å². The highest BCUT2D eigenvalue weighted by Crippen LogP contribution is 2.59. The van der Waals surface area contributed by atoms with Crippen molar-refractivity contribution in [1.82, 2.24) is 0 Å². The lowest BCUT2D eigenvalue weighted by Crippen LogP contribution is -2.38. The summed E-state index contributed by atoms with van der Waals surface area (Å²) in [4.78, 5) is 0. The molecule has 4 nitrogen and oxygen atoms in total. The lowest BCUT2D eigenvalue weighted by molar-refractivity contribution is 0.00737. The first-order valence-corrected chi connectivity index (χ1v) is 11.1. The van der Waals surface area contributed by atoms with Gasteiger partial charge in [-0.25, -0.2) is 8.78 Å². The molecule has 2 heterocycles. The number of aliphatic hydroxyl groups excluding tert-OH is 1. The summed E-state index contributed by atoms with van der Waals surface area (Å²) in [6.07, 6.45) is 0.637. The van der Waals surface area contributed by atoms with Crippen LogP contribution in [-0.4, -0.2) is 17.8 Å². The average molecular weight is 466 g/mol. The van der Waals surface area contributed by atoms with Gasteiger partial charge in [0.15, 0.2) is 5.60 Å². The summed E-state index contributed by atoms with van der Waals surface area (Å²) in [5.74, 6) is -1.46. The van der Waals surface area contributed by atoms with E-state index in [1.165, 1.54) is 6.07 Å². The second-order valence-corrected chi connectivity index (χ2v) is 9.21. The van der Waals surface area contributed by atoms with Gasteiger partial charge in [0.2, 0.25) is 0 Å². The van der Waals surface area contributed by atoms with Crippen LogP contribution in [-0.2, 0) is 5.60 Å². The standard InChI is InChI=1S/C26H18ClF2NO3/c1-12-20-19(33-26(12,11-31)14-5-3-2-4-6-14)9-16(28)24(27)23(20)21-13(10-30)7-18-22(25(21)29)15-8-17(15)32-18/h2-7,9,12,15,17,31H,8,11H2,1H3/t12-,15?,17?,26-/m0/s1. The van der Waals surface area contributed by atoms with Gasteiger partial charge >= 0.3 is 0 Å². The van der Waals surface area contributed by atoms with E-state index in [2.05, 4.69) is 0 Å². The van der Waals surface area contributed by atoms with Crippen LogP contribution < -0.4 is 9.47 Å². The maximum Gasteiger partial charge on any atom is 0.163 e. The third-order valence-corrected chi connectivity index (χ3v) is 7.53. The van der Waals surface area contributed by atoms with Crippen molar-refractivity contribution >= 4 is 11.6 Å². The molecule has 4 atom stereocenters. The zero-order valence-corrected chi connectivity index (χ0v) is 18.3. The van der Waals surface area contributed by atoms with Gasteiger partial charge in [-0.15, -0.1) is 0 Å². The monoisotopic (exact) mass is 465 g/mol. The molecule has 3 aromatic rings. The fourth-order valence-electron chi connectivity index (χ4n) is 5.37. The number of benzene rings is 3. The van der Waals surface area contributed by atoms with E-state index in [-0.39, 0.29) is 46.1 Å². The Morgan fingerprint density at radius 3 is 2.61 bits per heavy atom. The van der Waals surface area contributed by atoms with E-state index in [0.29, 0.717) is 28.9 Å². The van der Waals surface area contributed by atoms with Gasteiger partial charge in [-0.05, 0) is 18.1 Å². The number of rotatable bonds is 3. The molecule has 0 radical (unpaired) electrons. The van der Waals surface area contributed by atoms with Crippen molar-refractivity contribution in [2.45, 2.75) is 36.9 Å². The minimum atomic E-state index is -1.21. The van der Waals surface area contributed by atoms with Crippen molar-refractivity contribution in [2.24, 2.45) is 0 Å². The Hall–Kier alpha value is -3.14. The predicted octanol–water partition coefficient (Wildman–Crippen LogP) is 5.79. The SMILES string of the molecule is C[C@H]1c2c(cc(F)c(Cl)c2-c2c(C#N)cc3c(c2F)C2CC2O3)O[C@]1(CO)c1ccccc1. The molecule has 1 saturated carbocycles.